The lowest BCUT2D eigenvalue weighted by Gasteiger charge is -2.19. The van der Waals surface area contributed by atoms with Gasteiger partial charge in [0.15, 0.2) is 11.6 Å². The van der Waals surface area contributed by atoms with Crippen LogP contribution in [-0.4, -0.2) is 7.11 Å². The zero-order valence-electron chi connectivity index (χ0n) is 11.1. The third-order valence-electron chi connectivity index (χ3n) is 3.15. The Morgan fingerprint density at radius 3 is 2.24 bits per heavy atom. The van der Waals surface area contributed by atoms with Crippen LogP contribution in [0.4, 0.5) is 17.6 Å². The van der Waals surface area contributed by atoms with Gasteiger partial charge in [-0.15, -0.1) is 0 Å². The number of hydrogen-bond donors (Lipinski definition) is 1. The Labute approximate surface area is 119 Å². The van der Waals surface area contributed by atoms with Crippen molar-refractivity contribution in [3.63, 3.8) is 0 Å². The van der Waals surface area contributed by atoms with Gasteiger partial charge in [-0.05, 0) is 17.7 Å². The van der Waals surface area contributed by atoms with Crippen LogP contribution in [0.1, 0.15) is 22.7 Å². The minimum atomic E-state index is -4.55. The summed E-state index contributed by atoms with van der Waals surface area (Å²) in [7, 11) is 1.28. The fourth-order valence-electron chi connectivity index (χ4n) is 2.12. The highest BCUT2D eigenvalue weighted by Crippen LogP contribution is 2.37. The van der Waals surface area contributed by atoms with Gasteiger partial charge >= 0.3 is 6.18 Å². The summed E-state index contributed by atoms with van der Waals surface area (Å²) in [6, 6.07) is 7.82. The second-order valence-electron chi connectivity index (χ2n) is 4.43. The Morgan fingerprint density at radius 1 is 1.00 bits per heavy atom. The quantitative estimate of drug-likeness (QED) is 0.872. The average molecular weight is 299 g/mol. The molecule has 2 aromatic carbocycles. The lowest BCUT2D eigenvalue weighted by Crippen LogP contribution is -2.19. The highest BCUT2D eigenvalue weighted by atomic mass is 19.4. The summed E-state index contributed by atoms with van der Waals surface area (Å²) >= 11 is 0. The summed E-state index contributed by atoms with van der Waals surface area (Å²) in [4.78, 5) is 0. The number of halogens is 4. The molecule has 0 aliphatic carbocycles. The van der Waals surface area contributed by atoms with Gasteiger partial charge in [-0.2, -0.15) is 13.2 Å². The standard InChI is InChI=1S/C15H13F4NO/c1-21-12-8-4-6-10(13(12)16)14(20)9-5-2-3-7-11(9)15(17,18)19/h2-8,14H,20H2,1H3. The molecule has 0 saturated carbocycles. The van der Waals surface area contributed by atoms with E-state index >= 15 is 0 Å². The maximum atomic E-state index is 14.2. The number of nitrogens with two attached hydrogens (primary N) is 1. The summed E-state index contributed by atoms with van der Waals surface area (Å²) in [6.07, 6.45) is -4.55. The van der Waals surface area contributed by atoms with Gasteiger partial charge in [0.2, 0.25) is 0 Å². The molecule has 112 valence electrons. The summed E-state index contributed by atoms with van der Waals surface area (Å²) < 4.78 is 58.0. The monoisotopic (exact) mass is 299 g/mol. The fraction of sp³-hybridized carbons (Fsp3) is 0.200. The summed E-state index contributed by atoms with van der Waals surface area (Å²) in [6.45, 7) is 0. The van der Waals surface area contributed by atoms with E-state index in [-0.39, 0.29) is 16.9 Å². The van der Waals surface area contributed by atoms with E-state index in [9.17, 15) is 17.6 Å². The second-order valence-corrected chi connectivity index (χ2v) is 4.43. The van der Waals surface area contributed by atoms with Gasteiger partial charge in [-0.3, -0.25) is 0 Å². The molecule has 0 heterocycles. The normalized spacial score (nSPS) is 13.0. The molecule has 0 spiro atoms. The van der Waals surface area contributed by atoms with Gasteiger partial charge in [0.1, 0.15) is 0 Å². The van der Waals surface area contributed by atoms with E-state index in [2.05, 4.69) is 0 Å². The van der Waals surface area contributed by atoms with Crippen LogP contribution in [0.25, 0.3) is 0 Å². The Hall–Kier alpha value is -2.08. The maximum absolute atomic E-state index is 14.2. The first-order valence-electron chi connectivity index (χ1n) is 6.10. The average Bonchev–Trinajstić information content (AvgIpc) is 2.46. The Balaban J connectivity index is 2.54. The molecule has 0 bridgehead atoms. The molecule has 2 nitrogen and oxygen atoms in total. The van der Waals surface area contributed by atoms with Crippen LogP contribution in [-0.2, 0) is 6.18 Å². The second kappa shape index (κ2) is 5.73. The predicted octanol–water partition coefficient (Wildman–Crippen LogP) is 3.90. The molecule has 0 aromatic heterocycles. The highest BCUT2D eigenvalue weighted by Gasteiger charge is 2.35. The molecule has 0 amide bonds. The smallest absolute Gasteiger partial charge is 0.416 e. The zero-order valence-corrected chi connectivity index (χ0v) is 11.1. The van der Waals surface area contributed by atoms with Crippen LogP contribution < -0.4 is 10.5 Å². The third-order valence-corrected chi connectivity index (χ3v) is 3.15. The number of rotatable bonds is 3. The van der Waals surface area contributed by atoms with Crippen molar-refractivity contribution < 1.29 is 22.3 Å². The zero-order chi connectivity index (χ0) is 15.6. The van der Waals surface area contributed by atoms with Gasteiger partial charge in [-0.25, -0.2) is 4.39 Å². The molecule has 0 aliphatic rings. The van der Waals surface area contributed by atoms with Crippen LogP contribution in [0, 0.1) is 5.82 Å². The number of hydrogen-bond acceptors (Lipinski definition) is 2. The summed E-state index contributed by atoms with van der Waals surface area (Å²) in [5.74, 6) is -0.822. The highest BCUT2D eigenvalue weighted by molar-refractivity contribution is 5.42. The minimum Gasteiger partial charge on any atom is -0.494 e. The van der Waals surface area contributed by atoms with Crippen molar-refractivity contribution in [1.82, 2.24) is 0 Å². The van der Waals surface area contributed by atoms with Crippen molar-refractivity contribution in [3.8, 4) is 5.75 Å². The van der Waals surface area contributed by atoms with E-state index in [0.29, 0.717) is 0 Å². The number of methoxy groups -OCH3 is 1. The van der Waals surface area contributed by atoms with Crippen LogP contribution >= 0.6 is 0 Å². The predicted molar refractivity (Wildman–Crippen MR) is 70.4 cm³/mol. The lowest BCUT2D eigenvalue weighted by atomic mass is 9.94. The summed E-state index contributed by atoms with van der Waals surface area (Å²) in [5.41, 5.74) is 4.73. The first-order chi connectivity index (χ1) is 9.86. The fourth-order valence-corrected chi connectivity index (χ4v) is 2.12. The van der Waals surface area contributed by atoms with E-state index in [4.69, 9.17) is 10.5 Å². The van der Waals surface area contributed by atoms with Gasteiger partial charge in [0, 0.05) is 5.56 Å². The topological polar surface area (TPSA) is 35.2 Å². The van der Waals surface area contributed by atoms with E-state index in [1.54, 1.807) is 0 Å². The maximum Gasteiger partial charge on any atom is 0.416 e. The van der Waals surface area contributed by atoms with Crippen LogP contribution in [0.2, 0.25) is 0 Å². The molecular formula is C15H13F4NO. The molecule has 1 unspecified atom stereocenters. The summed E-state index contributed by atoms with van der Waals surface area (Å²) in [5, 5.41) is 0. The first-order valence-corrected chi connectivity index (χ1v) is 6.10. The molecule has 0 fully saturated rings. The van der Waals surface area contributed by atoms with E-state index < -0.39 is 23.6 Å². The van der Waals surface area contributed by atoms with Crippen molar-refractivity contribution in [2.24, 2.45) is 5.73 Å². The largest absolute Gasteiger partial charge is 0.494 e. The first kappa shape index (κ1) is 15.3. The Bertz CT molecular complexity index is 640. The van der Waals surface area contributed by atoms with Crippen molar-refractivity contribution in [2.75, 3.05) is 7.11 Å². The molecule has 0 aliphatic heterocycles. The molecule has 0 saturated heterocycles. The molecule has 21 heavy (non-hydrogen) atoms. The van der Waals surface area contributed by atoms with E-state index in [1.165, 1.54) is 43.5 Å². The van der Waals surface area contributed by atoms with Crippen molar-refractivity contribution in [1.29, 1.82) is 0 Å². The Kier molecular flexibility index (Phi) is 4.18. The lowest BCUT2D eigenvalue weighted by molar-refractivity contribution is -0.138. The van der Waals surface area contributed by atoms with Gasteiger partial charge in [-0.1, -0.05) is 30.3 Å². The van der Waals surface area contributed by atoms with Crippen molar-refractivity contribution in [2.45, 2.75) is 12.2 Å². The molecule has 1 atom stereocenters. The van der Waals surface area contributed by atoms with Crippen LogP contribution in [0.15, 0.2) is 42.5 Å². The number of alkyl halides is 3. The minimum absolute atomic E-state index is 0.0500. The SMILES string of the molecule is COc1cccc(C(N)c2ccccc2C(F)(F)F)c1F. The van der Waals surface area contributed by atoms with Gasteiger partial charge < -0.3 is 10.5 Å². The third kappa shape index (κ3) is 3.00. The number of benzene rings is 2. The van der Waals surface area contributed by atoms with Crippen LogP contribution in [0.3, 0.4) is 0 Å². The Morgan fingerprint density at radius 2 is 1.62 bits per heavy atom. The van der Waals surface area contributed by atoms with Gasteiger partial charge in [0.25, 0.3) is 0 Å². The van der Waals surface area contributed by atoms with Crippen molar-refractivity contribution in [3.05, 3.63) is 65.0 Å². The molecule has 2 rings (SSSR count). The van der Waals surface area contributed by atoms with Crippen molar-refractivity contribution >= 4 is 0 Å². The molecule has 2 N–H and O–H groups in total. The molecule has 6 heteroatoms. The number of ether oxygens (including phenoxy) is 1. The van der Waals surface area contributed by atoms with E-state index in [0.717, 1.165) is 6.07 Å². The molecular weight excluding hydrogens is 286 g/mol. The van der Waals surface area contributed by atoms with E-state index in [1.807, 2.05) is 0 Å². The van der Waals surface area contributed by atoms with Gasteiger partial charge in [0.05, 0.1) is 18.7 Å². The molecule has 2 aromatic rings. The molecule has 0 radical (unpaired) electrons. The van der Waals surface area contributed by atoms with Crippen LogP contribution in [0.5, 0.6) is 5.75 Å².